The number of H-pyrrole nitrogens is 3. The Balaban J connectivity index is 2.35. The first-order valence-corrected chi connectivity index (χ1v) is 4.74. The van der Waals surface area contributed by atoms with Crippen molar-refractivity contribution in [3.05, 3.63) is 39.2 Å². The molecule has 8 nitrogen and oxygen atoms in total. The van der Waals surface area contributed by atoms with Crippen molar-refractivity contribution in [3.63, 3.8) is 0 Å². The van der Waals surface area contributed by atoms with E-state index in [1.807, 2.05) is 0 Å². The van der Waals surface area contributed by atoms with Gasteiger partial charge in [-0.1, -0.05) is 0 Å². The van der Waals surface area contributed by atoms with Crippen LogP contribution in [0.3, 0.4) is 0 Å². The Morgan fingerprint density at radius 3 is 2.76 bits per heavy atom. The van der Waals surface area contributed by atoms with Gasteiger partial charge in [-0.3, -0.25) is 19.3 Å². The van der Waals surface area contributed by atoms with Gasteiger partial charge in [0.1, 0.15) is 0 Å². The highest BCUT2D eigenvalue weighted by atomic mass is 16.3. The van der Waals surface area contributed by atoms with Crippen molar-refractivity contribution in [2.75, 3.05) is 0 Å². The monoisotopic (exact) mass is 233 g/mol. The average Bonchev–Trinajstić information content (AvgIpc) is 2.83. The lowest BCUT2D eigenvalue weighted by Crippen LogP contribution is -2.21. The number of aromatic amines is 3. The first-order chi connectivity index (χ1) is 8.15. The summed E-state index contributed by atoms with van der Waals surface area (Å²) >= 11 is 0. The standard InChI is InChI=1S/C9H7N5O3/c15-4-2-1-3-14(4)8-10-5-6(11-8)12-9(17)13-7(5)16/h1-3,15H,(H3,10,11,12,13,16,17). The molecule has 0 radical (unpaired) electrons. The first kappa shape index (κ1) is 9.46. The number of nitrogens with zero attached hydrogens (tertiary/aromatic N) is 2. The molecule has 0 saturated heterocycles. The molecule has 0 aliphatic carbocycles. The average molecular weight is 233 g/mol. The summed E-state index contributed by atoms with van der Waals surface area (Å²) in [5, 5.41) is 9.50. The van der Waals surface area contributed by atoms with Gasteiger partial charge in [0.2, 0.25) is 5.95 Å². The number of nitrogens with one attached hydrogen (secondary N) is 3. The van der Waals surface area contributed by atoms with E-state index < -0.39 is 11.2 Å². The number of hydrogen-bond donors (Lipinski definition) is 4. The van der Waals surface area contributed by atoms with Crippen LogP contribution < -0.4 is 11.2 Å². The Kier molecular flexibility index (Phi) is 1.73. The molecule has 8 heteroatoms. The summed E-state index contributed by atoms with van der Waals surface area (Å²) in [5.41, 5.74) is -0.902. The van der Waals surface area contributed by atoms with Crippen LogP contribution >= 0.6 is 0 Å². The molecule has 0 aromatic carbocycles. The van der Waals surface area contributed by atoms with Crippen LogP contribution in [-0.4, -0.2) is 29.6 Å². The number of aromatic hydroxyl groups is 1. The van der Waals surface area contributed by atoms with Crippen LogP contribution in [0.1, 0.15) is 0 Å². The number of rotatable bonds is 1. The van der Waals surface area contributed by atoms with E-state index in [9.17, 15) is 14.7 Å². The van der Waals surface area contributed by atoms with E-state index in [0.717, 1.165) is 0 Å². The van der Waals surface area contributed by atoms with Gasteiger partial charge in [-0.25, -0.2) is 4.79 Å². The number of fused-ring (bicyclic) bond motifs is 1. The fraction of sp³-hybridized carbons (Fsp3) is 0. The molecular weight excluding hydrogens is 226 g/mol. The normalized spacial score (nSPS) is 11.1. The predicted octanol–water partition coefficient (Wildman–Crippen LogP) is -0.564. The molecule has 3 heterocycles. The van der Waals surface area contributed by atoms with Crippen LogP contribution in [0.4, 0.5) is 0 Å². The van der Waals surface area contributed by atoms with Gasteiger partial charge >= 0.3 is 5.69 Å². The molecule has 3 aromatic heterocycles. The molecule has 0 bridgehead atoms. The molecule has 0 aliphatic heterocycles. The zero-order valence-corrected chi connectivity index (χ0v) is 8.39. The van der Waals surface area contributed by atoms with Crippen LogP contribution in [0.5, 0.6) is 5.88 Å². The molecule has 0 unspecified atom stereocenters. The third-order valence-electron chi connectivity index (χ3n) is 2.33. The fourth-order valence-corrected chi connectivity index (χ4v) is 1.58. The lowest BCUT2D eigenvalue weighted by Gasteiger charge is -1.97. The first-order valence-electron chi connectivity index (χ1n) is 4.74. The topological polar surface area (TPSA) is 120 Å². The predicted molar refractivity (Wildman–Crippen MR) is 58.3 cm³/mol. The van der Waals surface area contributed by atoms with E-state index in [1.54, 1.807) is 12.3 Å². The zero-order valence-electron chi connectivity index (χ0n) is 8.39. The van der Waals surface area contributed by atoms with E-state index in [0.29, 0.717) is 0 Å². The maximum Gasteiger partial charge on any atom is 0.327 e. The quantitative estimate of drug-likeness (QED) is 0.450. The van der Waals surface area contributed by atoms with Crippen LogP contribution in [0.15, 0.2) is 27.9 Å². The molecule has 0 spiro atoms. The lowest BCUT2D eigenvalue weighted by molar-refractivity contribution is 0.440. The molecule has 86 valence electrons. The van der Waals surface area contributed by atoms with Crippen molar-refractivity contribution in [2.24, 2.45) is 0 Å². The van der Waals surface area contributed by atoms with Crippen molar-refractivity contribution in [2.45, 2.75) is 0 Å². The molecule has 3 rings (SSSR count). The summed E-state index contributed by atoms with van der Waals surface area (Å²) in [6.07, 6.45) is 1.57. The molecule has 0 atom stereocenters. The third-order valence-corrected chi connectivity index (χ3v) is 2.33. The molecule has 0 fully saturated rings. The molecule has 0 saturated carbocycles. The van der Waals surface area contributed by atoms with Crippen molar-refractivity contribution in [1.29, 1.82) is 0 Å². The van der Waals surface area contributed by atoms with Gasteiger partial charge in [-0.05, 0) is 6.07 Å². The molecule has 0 aliphatic rings. The largest absolute Gasteiger partial charge is 0.494 e. The zero-order chi connectivity index (χ0) is 12.0. The van der Waals surface area contributed by atoms with Gasteiger partial charge < -0.3 is 10.1 Å². The second-order valence-corrected chi connectivity index (χ2v) is 3.43. The van der Waals surface area contributed by atoms with E-state index in [-0.39, 0.29) is 23.0 Å². The van der Waals surface area contributed by atoms with Crippen LogP contribution in [0.2, 0.25) is 0 Å². The smallest absolute Gasteiger partial charge is 0.327 e. The van der Waals surface area contributed by atoms with Gasteiger partial charge in [0.25, 0.3) is 5.56 Å². The summed E-state index contributed by atoms with van der Waals surface area (Å²) < 4.78 is 1.34. The second kappa shape index (κ2) is 3.11. The summed E-state index contributed by atoms with van der Waals surface area (Å²) in [7, 11) is 0. The van der Waals surface area contributed by atoms with E-state index in [2.05, 4.69) is 19.9 Å². The number of hydrogen-bond acceptors (Lipinski definition) is 4. The van der Waals surface area contributed by atoms with Gasteiger partial charge in [0, 0.05) is 12.3 Å². The van der Waals surface area contributed by atoms with Crippen LogP contribution in [-0.2, 0) is 0 Å². The summed E-state index contributed by atoms with van der Waals surface area (Å²) in [6.45, 7) is 0. The fourth-order valence-electron chi connectivity index (χ4n) is 1.58. The molecule has 0 amide bonds. The summed E-state index contributed by atoms with van der Waals surface area (Å²) in [6, 6.07) is 3.09. The number of aromatic nitrogens is 5. The molecule has 3 aromatic rings. The maximum absolute atomic E-state index is 11.4. The number of imidazole rings is 1. The van der Waals surface area contributed by atoms with Crippen molar-refractivity contribution >= 4 is 11.2 Å². The van der Waals surface area contributed by atoms with E-state index in [4.69, 9.17) is 0 Å². The third kappa shape index (κ3) is 1.34. The minimum absolute atomic E-state index is 0.0252. The highest BCUT2D eigenvalue weighted by Gasteiger charge is 2.10. The van der Waals surface area contributed by atoms with Crippen molar-refractivity contribution in [3.8, 4) is 11.8 Å². The van der Waals surface area contributed by atoms with Gasteiger partial charge in [-0.15, -0.1) is 0 Å². The Labute approximate surface area is 92.6 Å². The summed E-state index contributed by atoms with van der Waals surface area (Å²) in [4.78, 5) is 33.7. The summed E-state index contributed by atoms with van der Waals surface area (Å²) in [5.74, 6) is 0.220. The van der Waals surface area contributed by atoms with Gasteiger partial charge in [-0.2, -0.15) is 4.98 Å². The SMILES string of the molecule is O=c1[nH]c(=O)c2[nH]c(-n3cccc3O)nc2[nH]1. The Morgan fingerprint density at radius 2 is 2.06 bits per heavy atom. The highest BCUT2D eigenvalue weighted by molar-refractivity contribution is 5.70. The molecule has 4 N–H and O–H groups in total. The maximum atomic E-state index is 11.4. The van der Waals surface area contributed by atoms with Crippen molar-refractivity contribution in [1.82, 2.24) is 24.5 Å². The Bertz CT molecular complexity index is 806. The Hall–Kier alpha value is -2.77. The van der Waals surface area contributed by atoms with Crippen molar-refractivity contribution < 1.29 is 5.11 Å². The lowest BCUT2D eigenvalue weighted by atomic mass is 10.5. The minimum atomic E-state index is -0.628. The van der Waals surface area contributed by atoms with Gasteiger partial charge in [0.05, 0.1) is 0 Å². The second-order valence-electron chi connectivity index (χ2n) is 3.43. The van der Waals surface area contributed by atoms with E-state index in [1.165, 1.54) is 10.6 Å². The highest BCUT2D eigenvalue weighted by Crippen LogP contribution is 2.15. The van der Waals surface area contributed by atoms with Crippen LogP contribution in [0, 0.1) is 0 Å². The minimum Gasteiger partial charge on any atom is -0.494 e. The van der Waals surface area contributed by atoms with Crippen LogP contribution in [0.25, 0.3) is 17.1 Å². The van der Waals surface area contributed by atoms with E-state index >= 15 is 0 Å². The van der Waals surface area contributed by atoms with Gasteiger partial charge in [0.15, 0.2) is 17.0 Å². The Morgan fingerprint density at radius 1 is 1.24 bits per heavy atom. The molecule has 17 heavy (non-hydrogen) atoms. The molecular formula is C9H7N5O3.